The highest BCUT2D eigenvalue weighted by molar-refractivity contribution is 5.85. The van der Waals surface area contributed by atoms with E-state index in [4.69, 9.17) is 0 Å². The van der Waals surface area contributed by atoms with E-state index in [1.54, 1.807) is 0 Å². The zero-order valence-electron chi connectivity index (χ0n) is 13.8. The van der Waals surface area contributed by atoms with Crippen LogP contribution in [0.1, 0.15) is 31.9 Å². The Bertz CT molecular complexity index is 554. The third kappa shape index (κ3) is 4.86. The summed E-state index contributed by atoms with van der Waals surface area (Å²) in [5.41, 5.74) is 0.233. The molecule has 0 aliphatic carbocycles. The molecular weight excluding hydrogens is 357 g/mol. The third-order valence-corrected chi connectivity index (χ3v) is 4.36. The molecule has 0 radical (unpaired) electrons. The molecule has 1 fully saturated rings. The van der Waals surface area contributed by atoms with Crippen LogP contribution in [0.15, 0.2) is 12.1 Å². The smallest absolute Gasteiger partial charge is 0.314 e. The highest BCUT2D eigenvalue weighted by Crippen LogP contribution is 2.41. The van der Waals surface area contributed by atoms with E-state index in [0.717, 1.165) is 32.6 Å². The van der Waals surface area contributed by atoms with Crippen molar-refractivity contribution in [3.8, 4) is 11.5 Å². The van der Waals surface area contributed by atoms with Gasteiger partial charge in [-0.25, -0.2) is 0 Å². The fourth-order valence-corrected chi connectivity index (χ4v) is 3.02. The molecule has 1 aliphatic rings. The molecule has 0 aromatic heterocycles. The summed E-state index contributed by atoms with van der Waals surface area (Å²) >= 11 is 0. The van der Waals surface area contributed by atoms with Gasteiger partial charge in [0.25, 0.3) is 0 Å². The predicted molar refractivity (Wildman–Crippen MR) is 97.6 cm³/mol. The second-order valence-corrected chi connectivity index (χ2v) is 5.78. The average Bonchev–Trinajstić information content (AvgIpc) is 2.51. The van der Waals surface area contributed by atoms with E-state index in [2.05, 4.69) is 24.1 Å². The lowest BCUT2D eigenvalue weighted by atomic mass is 9.90. The van der Waals surface area contributed by atoms with Crippen LogP contribution in [0, 0.1) is 16.0 Å². The number of phenolic OH excluding ortho intramolecular Hbond substituents is 2. The van der Waals surface area contributed by atoms with Crippen LogP contribution in [-0.4, -0.2) is 46.2 Å². The molecule has 0 spiro atoms. The van der Waals surface area contributed by atoms with Crippen LogP contribution in [0.4, 0.5) is 5.69 Å². The number of benzene rings is 1. The first-order valence-corrected chi connectivity index (χ1v) is 7.60. The number of hydrogen-bond acceptors (Lipinski definition) is 6. The first-order chi connectivity index (χ1) is 10.5. The lowest BCUT2D eigenvalue weighted by molar-refractivity contribution is -0.386. The van der Waals surface area contributed by atoms with E-state index in [1.165, 1.54) is 12.1 Å². The number of nitrogens with zero attached hydrogens (tertiary/aromatic N) is 2. The Hall–Kier alpha value is -1.28. The molecule has 0 saturated carbocycles. The number of hydrogen-bond donors (Lipinski definition) is 3. The van der Waals surface area contributed by atoms with Gasteiger partial charge in [-0.3, -0.25) is 15.0 Å². The summed E-state index contributed by atoms with van der Waals surface area (Å²) in [5.74, 6) is -0.828. The molecule has 1 unspecified atom stereocenters. The Morgan fingerprint density at radius 1 is 1.29 bits per heavy atom. The topological polar surface area (TPSA) is 98.9 Å². The van der Waals surface area contributed by atoms with Gasteiger partial charge in [-0.2, -0.15) is 0 Å². The standard InChI is InChI=1S/C15H23N3O4.2ClH/c1-3-10(2)14(17-6-4-16-5-7-17)11-8-12(18(21)22)15(20)13(19)9-11;;/h8-10,14,16,19-20H,3-7H2,1-2H3;2*1H/t10?,14-;;/m1../s1. The zero-order valence-corrected chi connectivity index (χ0v) is 15.4. The summed E-state index contributed by atoms with van der Waals surface area (Å²) in [6, 6.07) is 2.81. The minimum atomic E-state index is -0.669. The molecule has 2 atom stereocenters. The minimum absolute atomic E-state index is 0. The van der Waals surface area contributed by atoms with Gasteiger partial charge >= 0.3 is 5.69 Å². The van der Waals surface area contributed by atoms with Crippen molar-refractivity contribution in [1.82, 2.24) is 10.2 Å². The molecule has 3 N–H and O–H groups in total. The van der Waals surface area contributed by atoms with Crippen molar-refractivity contribution in [2.75, 3.05) is 26.2 Å². The highest BCUT2D eigenvalue weighted by Gasteiger charge is 2.30. The van der Waals surface area contributed by atoms with Crippen molar-refractivity contribution in [2.24, 2.45) is 5.92 Å². The maximum atomic E-state index is 11.1. The molecule has 1 aromatic rings. The Labute approximate surface area is 154 Å². The van der Waals surface area contributed by atoms with Gasteiger partial charge in [0.05, 0.1) is 4.92 Å². The van der Waals surface area contributed by atoms with Gasteiger partial charge < -0.3 is 15.5 Å². The minimum Gasteiger partial charge on any atom is -0.504 e. The summed E-state index contributed by atoms with van der Waals surface area (Å²) in [6.07, 6.45) is 0.921. The van der Waals surface area contributed by atoms with Crippen LogP contribution in [0.2, 0.25) is 0 Å². The number of phenols is 2. The van der Waals surface area contributed by atoms with Gasteiger partial charge in [-0.15, -0.1) is 24.8 Å². The van der Waals surface area contributed by atoms with Crippen LogP contribution in [0.3, 0.4) is 0 Å². The second kappa shape index (κ2) is 9.88. The molecule has 2 rings (SSSR count). The van der Waals surface area contributed by atoms with E-state index in [0.29, 0.717) is 5.56 Å². The Balaban J connectivity index is 0.00000264. The number of halogens is 2. The van der Waals surface area contributed by atoms with Crippen molar-refractivity contribution >= 4 is 30.5 Å². The quantitative estimate of drug-likeness (QED) is 0.412. The number of rotatable bonds is 5. The fraction of sp³-hybridized carbons (Fsp3) is 0.600. The Kier molecular flexibility index (Phi) is 9.35. The van der Waals surface area contributed by atoms with Crippen LogP contribution in [0.5, 0.6) is 11.5 Å². The van der Waals surface area contributed by atoms with Gasteiger partial charge in [0.1, 0.15) is 0 Å². The summed E-state index contributed by atoms with van der Waals surface area (Å²) in [7, 11) is 0. The van der Waals surface area contributed by atoms with E-state index in [1.807, 2.05) is 0 Å². The largest absolute Gasteiger partial charge is 0.504 e. The Morgan fingerprint density at radius 2 is 1.88 bits per heavy atom. The normalized spacial score (nSPS) is 17.2. The first-order valence-electron chi connectivity index (χ1n) is 7.60. The molecule has 1 aromatic carbocycles. The predicted octanol–water partition coefficient (Wildman–Crippen LogP) is 2.84. The number of nitro benzene ring substituents is 1. The van der Waals surface area contributed by atoms with Crippen molar-refractivity contribution in [3.05, 3.63) is 27.8 Å². The Morgan fingerprint density at radius 3 is 2.38 bits per heavy atom. The summed E-state index contributed by atoms with van der Waals surface area (Å²) in [5, 5.41) is 33.9. The number of aromatic hydroxyl groups is 2. The molecule has 0 amide bonds. The highest BCUT2D eigenvalue weighted by atomic mass is 35.5. The van der Waals surface area contributed by atoms with Gasteiger partial charge in [-0.1, -0.05) is 20.3 Å². The van der Waals surface area contributed by atoms with Gasteiger partial charge in [0.2, 0.25) is 5.75 Å². The molecule has 138 valence electrons. The molecule has 7 nitrogen and oxygen atoms in total. The van der Waals surface area contributed by atoms with E-state index < -0.39 is 22.1 Å². The molecule has 9 heteroatoms. The maximum Gasteiger partial charge on any atom is 0.314 e. The monoisotopic (exact) mass is 381 g/mol. The number of nitrogens with one attached hydrogen (secondary N) is 1. The zero-order chi connectivity index (χ0) is 16.3. The fourth-order valence-electron chi connectivity index (χ4n) is 3.02. The van der Waals surface area contributed by atoms with Crippen molar-refractivity contribution in [3.63, 3.8) is 0 Å². The van der Waals surface area contributed by atoms with Crippen LogP contribution in [-0.2, 0) is 0 Å². The van der Waals surface area contributed by atoms with Gasteiger partial charge in [0, 0.05) is 38.3 Å². The molecule has 1 saturated heterocycles. The van der Waals surface area contributed by atoms with Crippen LogP contribution >= 0.6 is 24.8 Å². The van der Waals surface area contributed by atoms with Gasteiger partial charge in [0.15, 0.2) is 5.75 Å². The van der Waals surface area contributed by atoms with Crippen molar-refractivity contribution in [2.45, 2.75) is 26.3 Å². The number of piperazine rings is 1. The third-order valence-electron chi connectivity index (χ3n) is 4.36. The molecule has 1 heterocycles. The summed E-state index contributed by atoms with van der Waals surface area (Å²) in [6.45, 7) is 7.63. The summed E-state index contributed by atoms with van der Waals surface area (Å²) < 4.78 is 0. The van der Waals surface area contributed by atoms with Crippen LogP contribution < -0.4 is 5.32 Å². The maximum absolute atomic E-state index is 11.1. The van der Waals surface area contributed by atoms with Gasteiger partial charge in [-0.05, 0) is 17.5 Å². The van der Waals surface area contributed by atoms with Crippen LogP contribution in [0.25, 0.3) is 0 Å². The lowest BCUT2D eigenvalue weighted by Crippen LogP contribution is -2.46. The average molecular weight is 382 g/mol. The van der Waals surface area contributed by atoms with E-state index in [9.17, 15) is 20.3 Å². The molecule has 1 aliphatic heterocycles. The summed E-state index contributed by atoms with van der Waals surface area (Å²) in [4.78, 5) is 12.7. The van der Waals surface area contributed by atoms with E-state index in [-0.39, 0.29) is 36.8 Å². The second-order valence-electron chi connectivity index (χ2n) is 5.78. The molecular formula is C15H25Cl2N3O4. The molecule has 24 heavy (non-hydrogen) atoms. The van der Waals surface area contributed by atoms with E-state index >= 15 is 0 Å². The van der Waals surface area contributed by atoms with Crippen molar-refractivity contribution < 1.29 is 15.1 Å². The SMILES string of the molecule is CCC(C)[C@H](c1cc(O)c(O)c([N+](=O)[O-])c1)N1CCNCC1.Cl.Cl. The first kappa shape index (κ1) is 22.7. The van der Waals surface area contributed by atoms with Crippen molar-refractivity contribution in [1.29, 1.82) is 0 Å². The number of nitro groups is 1. The molecule has 0 bridgehead atoms. The lowest BCUT2D eigenvalue weighted by Gasteiger charge is -2.38.